The van der Waals surface area contributed by atoms with Crippen molar-refractivity contribution in [3.05, 3.63) is 58.9 Å². The van der Waals surface area contributed by atoms with Gasteiger partial charge in [-0.05, 0) is 32.4 Å². The molecule has 1 unspecified atom stereocenters. The maximum Gasteiger partial charge on any atom is 0.333 e. The number of carbonyl (C=O) groups is 2. The molecule has 3 rings (SSSR count). The Balaban J connectivity index is 2.03. The second-order valence-electron chi connectivity index (χ2n) is 6.45. The molecule has 0 aliphatic rings. The highest BCUT2D eigenvalue weighted by Gasteiger charge is 2.37. The summed E-state index contributed by atoms with van der Waals surface area (Å²) in [6.45, 7) is 5.03. The summed E-state index contributed by atoms with van der Waals surface area (Å²) < 4.78 is 1.66. The number of amides is 1. The summed E-state index contributed by atoms with van der Waals surface area (Å²) in [4.78, 5) is 29.2. The van der Waals surface area contributed by atoms with Crippen molar-refractivity contribution in [2.24, 2.45) is 7.05 Å². The Morgan fingerprint density at radius 3 is 2.42 bits per heavy atom. The molecule has 0 bridgehead atoms. The molecule has 0 radical (unpaired) electrons. The number of carboxylic acid groups (broad SMARTS) is 1. The molecule has 2 heterocycles. The lowest BCUT2D eigenvalue weighted by Crippen LogP contribution is -2.49. The number of fused-ring (bicyclic) bond motifs is 1. The molecule has 0 aliphatic carbocycles. The third-order valence-corrected chi connectivity index (χ3v) is 4.58. The lowest BCUT2D eigenvalue weighted by molar-refractivity contribution is -0.144. The predicted octanol–water partition coefficient (Wildman–Crippen LogP) is 2.31. The molecule has 3 aromatic rings. The quantitative estimate of drug-likeness (QED) is 0.751. The first-order valence-electron chi connectivity index (χ1n) is 8.16. The largest absolute Gasteiger partial charge is 0.479 e. The third kappa shape index (κ3) is 2.81. The van der Waals surface area contributed by atoms with Crippen LogP contribution in [0.25, 0.3) is 11.0 Å². The molecule has 0 spiro atoms. The van der Waals surface area contributed by atoms with E-state index in [4.69, 9.17) is 0 Å². The smallest absolute Gasteiger partial charge is 0.333 e. The van der Waals surface area contributed by atoms with Gasteiger partial charge < -0.3 is 10.4 Å². The number of aryl methyl sites for hydroxylation is 3. The maximum absolute atomic E-state index is 12.9. The van der Waals surface area contributed by atoms with Crippen molar-refractivity contribution in [1.29, 1.82) is 0 Å². The van der Waals surface area contributed by atoms with Crippen LogP contribution in [0.2, 0.25) is 0 Å². The highest BCUT2D eigenvalue weighted by atomic mass is 16.4. The zero-order valence-corrected chi connectivity index (χ0v) is 15.1. The number of aromatic nitrogens is 3. The van der Waals surface area contributed by atoms with Crippen LogP contribution in [-0.4, -0.2) is 31.7 Å². The number of benzene rings is 1. The number of pyridine rings is 1. The van der Waals surface area contributed by atoms with Crippen molar-refractivity contribution >= 4 is 22.9 Å². The molecule has 7 heteroatoms. The van der Waals surface area contributed by atoms with E-state index in [0.717, 1.165) is 11.1 Å². The number of nitrogens with zero attached hydrogens (tertiary/aromatic N) is 3. The van der Waals surface area contributed by atoms with Crippen LogP contribution in [0.3, 0.4) is 0 Å². The first-order chi connectivity index (χ1) is 12.2. The number of carboxylic acids is 1. The van der Waals surface area contributed by atoms with E-state index in [0.29, 0.717) is 22.5 Å². The van der Waals surface area contributed by atoms with Crippen LogP contribution in [0.5, 0.6) is 0 Å². The second kappa shape index (κ2) is 6.25. The lowest BCUT2D eigenvalue weighted by atomic mass is 9.91. The zero-order chi connectivity index (χ0) is 19.1. The highest BCUT2D eigenvalue weighted by molar-refractivity contribution is 6.01. The second-order valence-corrected chi connectivity index (χ2v) is 6.45. The zero-order valence-electron chi connectivity index (χ0n) is 15.1. The molecule has 134 valence electrons. The lowest BCUT2D eigenvalue weighted by Gasteiger charge is -2.27. The Morgan fingerprint density at radius 1 is 1.15 bits per heavy atom. The molecule has 0 saturated carbocycles. The van der Waals surface area contributed by atoms with E-state index in [1.807, 2.05) is 6.92 Å². The molecule has 1 aromatic carbocycles. The average molecular weight is 352 g/mol. The van der Waals surface area contributed by atoms with Gasteiger partial charge >= 0.3 is 5.97 Å². The summed E-state index contributed by atoms with van der Waals surface area (Å²) >= 11 is 0. The van der Waals surface area contributed by atoms with E-state index in [1.54, 1.807) is 55.1 Å². The van der Waals surface area contributed by atoms with E-state index in [1.165, 1.54) is 6.92 Å². The van der Waals surface area contributed by atoms with E-state index in [-0.39, 0.29) is 0 Å². The Hall–Kier alpha value is -3.22. The average Bonchev–Trinajstić information content (AvgIpc) is 2.88. The van der Waals surface area contributed by atoms with Crippen molar-refractivity contribution in [3.63, 3.8) is 0 Å². The van der Waals surface area contributed by atoms with E-state index < -0.39 is 17.4 Å². The fourth-order valence-electron chi connectivity index (χ4n) is 2.98. The van der Waals surface area contributed by atoms with Gasteiger partial charge in [-0.25, -0.2) is 9.78 Å². The van der Waals surface area contributed by atoms with Crippen LogP contribution >= 0.6 is 0 Å². The molecule has 0 saturated heterocycles. The first kappa shape index (κ1) is 17.6. The molecule has 1 amide bonds. The monoisotopic (exact) mass is 352 g/mol. The van der Waals surface area contributed by atoms with Gasteiger partial charge in [0, 0.05) is 12.4 Å². The Morgan fingerprint density at radius 2 is 1.81 bits per heavy atom. The topological polar surface area (TPSA) is 97.1 Å². The molecule has 0 aliphatic heterocycles. The van der Waals surface area contributed by atoms with Crippen LogP contribution in [0, 0.1) is 13.8 Å². The Labute approximate surface area is 150 Å². The fourth-order valence-corrected chi connectivity index (χ4v) is 2.98. The van der Waals surface area contributed by atoms with Crippen molar-refractivity contribution < 1.29 is 14.7 Å². The number of hydrogen-bond acceptors (Lipinski definition) is 4. The molecule has 2 N–H and O–H groups in total. The highest BCUT2D eigenvalue weighted by Crippen LogP contribution is 2.24. The third-order valence-electron chi connectivity index (χ3n) is 4.58. The Kier molecular flexibility index (Phi) is 4.23. The van der Waals surface area contributed by atoms with Gasteiger partial charge in [0.2, 0.25) is 0 Å². The minimum Gasteiger partial charge on any atom is -0.479 e. The van der Waals surface area contributed by atoms with Crippen molar-refractivity contribution in [3.8, 4) is 0 Å². The summed E-state index contributed by atoms with van der Waals surface area (Å²) in [5, 5.41) is 17.5. The minimum absolute atomic E-state index is 0.331. The molecular formula is C19H20N4O3. The normalized spacial score (nSPS) is 13.4. The summed E-state index contributed by atoms with van der Waals surface area (Å²) in [7, 11) is 1.79. The number of carbonyl (C=O) groups excluding carboxylic acids is 1. The molecule has 1 atom stereocenters. The molecule has 7 nitrogen and oxygen atoms in total. The first-order valence-corrected chi connectivity index (χ1v) is 8.16. The summed E-state index contributed by atoms with van der Waals surface area (Å²) in [6.07, 6.45) is 0. The maximum atomic E-state index is 12.9. The van der Waals surface area contributed by atoms with Gasteiger partial charge in [0.15, 0.2) is 11.2 Å². The number of rotatable bonds is 4. The van der Waals surface area contributed by atoms with Gasteiger partial charge in [-0.3, -0.25) is 9.48 Å². The van der Waals surface area contributed by atoms with Crippen molar-refractivity contribution in [1.82, 2.24) is 20.1 Å². The van der Waals surface area contributed by atoms with Crippen LogP contribution in [-0.2, 0) is 17.4 Å². The standard InChI is InChI=1S/C19H20N4O3/c1-11-15(10-14-12(2)22-23(4)16(14)20-11)17(24)21-19(3,18(25)26)13-8-6-5-7-9-13/h5-10H,1-4H3,(H,21,24)(H,25,26). The van der Waals surface area contributed by atoms with E-state index in [2.05, 4.69) is 15.4 Å². The van der Waals surface area contributed by atoms with Gasteiger partial charge in [-0.2, -0.15) is 5.10 Å². The van der Waals surface area contributed by atoms with Crippen LogP contribution in [0.15, 0.2) is 36.4 Å². The molecule has 2 aromatic heterocycles. The van der Waals surface area contributed by atoms with Gasteiger partial charge in [-0.15, -0.1) is 0 Å². The van der Waals surface area contributed by atoms with Crippen LogP contribution in [0.4, 0.5) is 0 Å². The SMILES string of the molecule is Cc1nc2c(cc1C(=O)NC(C)(C(=O)O)c1ccccc1)c(C)nn2C. The number of hydrogen-bond donors (Lipinski definition) is 2. The molecular weight excluding hydrogens is 332 g/mol. The summed E-state index contributed by atoms with van der Waals surface area (Å²) in [5.74, 6) is -1.63. The number of nitrogens with one attached hydrogen (secondary N) is 1. The van der Waals surface area contributed by atoms with Crippen LogP contribution < -0.4 is 5.32 Å². The molecule has 26 heavy (non-hydrogen) atoms. The Bertz CT molecular complexity index is 1010. The number of aliphatic carboxylic acids is 1. The van der Waals surface area contributed by atoms with Crippen LogP contribution in [0.1, 0.15) is 34.2 Å². The molecule has 0 fully saturated rings. The van der Waals surface area contributed by atoms with E-state index >= 15 is 0 Å². The predicted molar refractivity (Wildman–Crippen MR) is 96.9 cm³/mol. The fraction of sp³-hybridized carbons (Fsp3) is 0.263. The van der Waals surface area contributed by atoms with Crippen molar-refractivity contribution in [2.75, 3.05) is 0 Å². The van der Waals surface area contributed by atoms with E-state index in [9.17, 15) is 14.7 Å². The summed E-state index contributed by atoms with van der Waals surface area (Å²) in [5.41, 5.74) is 1.22. The summed E-state index contributed by atoms with van der Waals surface area (Å²) in [6, 6.07) is 10.3. The van der Waals surface area contributed by atoms with Gasteiger partial charge in [0.05, 0.1) is 17.0 Å². The van der Waals surface area contributed by atoms with Gasteiger partial charge in [0.25, 0.3) is 5.91 Å². The van der Waals surface area contributed by atoms with Crippen molar-refractivity contribution in [2.45, 2.75) is 26.3 Å². The van der Waals surface area contributed by atoms with Gasteiger partial charge in [-0.1, -0.05) is 30.3 Å². The minimum atomic E-state index is -1.55. The van der Waals surface area contributed by atoms with Gasteiger partial charge in [0.1, 0.15) is 0 Å².